The zero-order valence-corrected chi connectivity index (χ0v) is 31.3. The van der Waals surface area contributed by atoms with Gasteiger partial charge in [-0.2, -0.15) is 13.2 Å². The zero-order chi connectivity index (χ0) is 40.7. The molecule has 4 rings (SSSR count). The van der Waals surface area contributed by atoms with Crippen LogP contribution in [0.3, 0.4) is 0 Å². The van der Waals surface area contributed by atoms with E-state index in [9.17, 15) is 42.9 Å². The van der Waals surface area contributed by atoms with Crippen molar-refractivity contribution >= 4 is 23.9 Å². The van der Waals surface area contributed by atoms with Gasteiger partial charge in [0.15, 0.2) is 11.5 Å². The third-order valence-corrected chi connectivity index (χ3v) is 9.27. The second-order valence-electron chi connectivity index (χ2n) is 13.6. The van der Waals surface area contributed by atoms with Gasteiger partial charge in [0.1, 0.15) is 12.3 Å². The molecule has 0 aromatic heterocycles. The number of unbranched alkanes of at least 4 members (excludes halogenated alkanes) is 1. The molecule has 13 heteroatoms. The van der Waals surface area contributed by atoms with Crippen LogP contribution in [0.1, 0.15) is 60.8 Å². The van der Waals surface area contributed by atoms with Crippen LogP contribution in [0.5, 0.6) is 17.2 Å². The maximum Gasteiger partial charge on any atom is 0.416 e. The summed E-state index contributed by atoms with van der Waals surface area (Å²) >= 11 is 0. The number of benzene rings is 3. The number of aliphatic hydroxyl groups excluding tert-OH is 3. The van der Waals surface area contributed by atoms with Crippen molar-refractivity contribution in [1.82, 2.24) is 5.32 Å². The lowest BCUT2D eigenvalue weighted by Crippen LogP contribution is -2.31. The van der Waals surface area contributed by atoms with Crippen molar-refractivity contribution in [2.24, 2.45) is 11.8 Å². The van der Waals surface area contributed by atoms with Gasteiger partial charge < -0.3 is 34.8 Å². The summed E-state index contributed by atoms with van der Waals surface area (Å²) in [6.07, 6.45) is 5.06. The van der Waals surface area contributed by atoms with E-state index in [1.54, 1.807) is 42.5 Å². The van der Waals surface area contributed by atoms with E-state index >= 15 is 0 Å². The van der Waals surface area contributed by atoms with Gasteiger partial charge in [-0.05, 0) is 98.0 Å². The third-order valence-electron chi connectivity index (χ3n) is 9.27. The molecule has 1 amide bonds. The number of esters is 2. The molecule has 0 unspecified atom stereocenters. The fourth-order valence-corrected chi connectivity index (χ4v) is 6.31. The number of allylic oxidation sites excluding steroid dienone is 2. The van der Waals surface area contributed by atoms with E-state index in [4.69, 9.17) is 14.2 Å². The Morgan fingerprint density at radius 1 is 0.964 bits per heavy atom. The highest BCUT2D eigenvalue weighted by atomic mass is 19.4. The number of ether oxygens (including phenoxy) is 3. The Kier molecular flexibility index (Phi) is 16.4. The molecule has 5 atom stereocenters. The van der Waals surface area contributed by atoms with Crippen LogP contribution in [0.15, 0.2) is 97.1 Å². The van der Waals surface area contributed by atoms with Gasteiger partial charge in [0, 0.05) is 24.8 Å². The van der Waals surface area contributed by atoms with Gasteiger partial charge in [-0.25, -0.2) is 9.59 Å². The number of hydrogen-bond acceptors (Lipinski definition) is 9. The smallest absolute Gasteiger partial charge is 0.416 e. The minimum absolute atomic E-state index is 0.138. The first-order valence-corrected chi connectivity index (χ1v) is 18.4. The first kappa shape index (κ1) is 43.5. The summed E-state index contributed by atoms with van der Waals surface area (Å²) in [7, 11) is 1.41. The molecule has 0 radical (unpaired) electrons. The number of nitrogens with one attached hydrogen (secondary N) is 1. The molecular formula is C43H48F3NO9. The van der Waals surface area contributed by atoms with Crippen LogP contribution < -0.4 is 19.5 Å². The van der Waals surface area contributed by atoms with Crippen molar-refractivity contribution in [3.8, 4) is 17.2 Å². The van der Waals surface area contributed by atoms with Crippen LogP contribution in [0.4, 0.5) is 13.2 Å². The van der Waals surface area contributed by atoms with E-state index in [2.05, 4.69) is 5.32 Å². The van der Waals surface area contributed by atoms with Crippen LogP contribution in [-0.4, -0.2) is 65.1 Å². The van der Waals surface area contributed by atoms with Gasteiger partial charge in [0.25, 0.3) is 0 Å². The molecule has 3 aromatic rings. The monoisotopic (exact) mass is 779 g/mol. The molecule has 56 heavy (non-hydrogen) atoms. The molecule has 0 spiro atoms. The Bertz CT molecular complexity index is 1870. The van der Waals surface area contributed by atoms with Crippen LogP contribution in [0.25, 0.3) is 6.08 Å². The molecule has 1 fully saturated rings. The predicted octanol–water partition coefficient (Wildman–Crippen LogP) is 6.69. The quantitative estimate of drug-likeness (QED) is 0.0364. The van der Waals surface area contributed by atoms with Crippen molar-refractivity contribution in [1.29, 1.82) is 0 Å². The number of carbonyl (C=O) groups is 3. The molecular weight excluding hydrogens is 731 g/mol. The topological polar surface area (TPSA) is 152 Å². The number of aryl methyl sites for hydroxylation is 2. The van der Waals surface area contributed by atoms with E-state index in [0.717, 1.165) is 17.7 Å². The number of alkyl halides is 3. The fraction of sp³-hybridized carbons (Fsp3) is 0.372. The average molecular weight is 780 g/mol. The maximum absolute atomic E-state index is 13.0. The summed E-state index contributed by atoms with van der Waals surface area (Å²) in [5.74, 6) is -1.51. The zero-order valence-electron chi connectivity index (χ0n) is 31.3. The highest BCUT2D eigenvalue weighted by Gasteiger charge is 2.39. The normalized spacial score (nSPS) is 19.1. The largest absolute Gasteiger partial charge is 0.493 e. The second kappa shape index (κ2) is 21.2. The minimum atomic E-state index is -4.44. The van der Waals surface area contributed by atoms with Gasteiger partial charge >= 0.3 is 18.1 Å². The first-order chi connectivity index (χ1) is 26.7. The molecule has 4 N–H and O–H groups in total. The number of aliphatic hydroxyl groups is 3. The predicted molar refractivity (Wildman–Crippen MR) is 204 cm³/mol. The van der Waals surface area contributed by atoms with Gasteiger partial charge in [-0.3, -0.25) is 4.79 Å². The average Bonchev–Trinajstić information content (AvgIpc) is 3.43. The Morgan fingerprint density at radius 3 is 2.50 bits per heavy atom. The van der Waals surface area contributed by atoms with Crippen LogP contribution in [0.2, 0.25) is 0 Å². The van der Waals surface area contributed by atoms with Crippen molar-refractivity contribution < 1.29 is 57.1 Å². The van der Waals surface area contributed by atoms with Crippen LogP contribution >= 0.6 is 0 Å². The Morgan fingerprint density at radius 2 is 1.75 bits per heavy atom. The molecule has 0 aliphatic heterocycles. The van der Waals surface area contributed by atoms with E-state index in [1.165, 1.54) is 37.5 Å². The molecule has 0 heterocycles. The Labute approximate surface area is 324 Å². The lowest BCUT2D eigenvalue weighted by atomic mass is 9.89. The minimum Gasteiger partial charge on any atom is -0.493 e. The molecule has 3 aromatic carbocycles. The van der Waals surface area contributed by atoms with Crippen molar-refractivity contribution in [2.75, 3.05) is 13.7 Å². The van der Waals surface area contributed by atoms with E-state index in [0.29, 0.717) is 36.1 Å². The summed E-state index contributed by atoms with van der Waals surface area (Å²) in [4.78, 5) is 37.0. The third kappa shape index (κ3) is 14.1. The number of hydrogen-bond donors (Lipinski definition) is 4. The van der Waals surface area contributed by atoms with Crippen molar-refractivity contribution in [2.45, 2.75) is 76.4 Å². The lowest BCUT2D eigenvalue weighted by molar-refractivity contribution is -0.137. The van der Waals surface area contributed by atoms with Crippen molar-refractivity contribution in [3.05, 3.63) is 119 Å². The number of carbonyl (C=O) groups excluding carboxylic acids is 3. The Balaban J connectivity index is 1.14. The fourth-order valence-electron chi connectivity index (χ4n) is 6.31. The van der Waals surface area contributed by atoms with E-state index in [-0.39, 0.29) is 55.6 Å². The van der Waals surface area contributed by atoms with Crippen LogP contribution in [-0.2, 0) is 27.0 Å². The molecule has 0 bridgehead atoms. The Hall–Kier alpha value is -5.24. The first-order valence-electron chi connectivity index (χ1n) is 18.4. The molecule has 1 aliphatic rings. The molecule has 1 aliphatic carbocycles. The van der Waals surface area contributed by atoms with Gasteiger partial charge in [-0.15, -0.1) is 0 Å². The molecule has 10 nitrogen and oxygen atoms in total. The van der Waals surface area contributed by atoms with Crippen LogP contribution in [0, 0.1) is 18.8 Å². The van der Waals surface area contributed by atoms with Gasteiger partial charge in [0.05, 0.1) is 31.0 Å². The standard InChI is InChI=1S/C43H48F3NO9/c1-28-9-7-12-33(23-28)55-41(52)22-17-30-16-21-38(39(25-30)54-2)56-42(53)27-47-40(51)14-6-4-3-5-13-34-35(37(50)26-36(34)49)20-19-32(48)18-15-29-10-8-11-31(24-29)43(44,45)46/h3,5,7-12,16-17,19-25,32,34-37,48-50H,4,6,13-15,18,26-27H2,1-2H3,(H,47,51)/b5-3-,20-19+,22-17+/t32-,34+,35+,36-,37+/m0/s1. The summed E-state index contributed by atoms with van der Waals surface area (Å²) in [5, 5.41) is 34.0. The summed E-state index contributed by atoms with van der Waals surface area (Å²) in [6.45, 7) is 1.53. The SMILES string of the molecule is COc1cc(/C=C/C(=O)Oc2cccc(C)c2)ccc1OC(=O)CNC(=O)CCC/C=C\C[C@@H]1[C@@H](/C=C/[C@@H](O)CCc2cccc(C(F)(F)F)c2)[C@H](O)C[C@@H]1O. The number of methoxy groups -OCH3 is 1. The van der Waals surface area contributed by atoms with Gasteiger partial charge in [0.2, 0.25) is 5.91 Å². The highest BCUT2D eigenvalue weighted by molar-refractivity contribution is 5.89. The highest BCUT2D eigenvalue weighted by Crippen LogP contribution is 2.37. The van der Waals surface area contributed by atoms with E-state index in [1.807, 2.05) is 25.1 Å². The molecule has 300 valence electrons. The molecule has 1 saturated carbocycles. The second-order valence-corrected chi connectivity index (χ2v) is 13.6. The summed E-state index contributed by atoms with van der Waals surface area (Å²) < 4.78 is 55.0. The number of rotatable bonds is 18. The van der Waals surface area contributed by atoms with E-state index < -0.39 is 47.9 Å². The summed E-state index contributed by atoms with van der Waals surface area (Å²) in [5.41, 5.74) is 1.27. The lowest BCUT2D eigenvalue weighted by Gasteiger charge is -2.19. The number of amides is 1. The maximum atomic E-state index is 13.0. The number of halogens is 3. The molecule has 0 saturated heterocycles. The van der Waals surface area contributed by atoms with Crippen molar-refractivity contribution in [3.63, 3.8) is 0 Å². The van der Waals surface area contributed by atoms with Gasteiger partial charge in [-0.1, -0.05) is 60.7 Å². The summed E-state index contributed by atoms with van der Waals surface area (Å²) in [6, 6.07) is 16.8.